The van der Waals surface area contributed by atoms with Gasteiger partial charge >= 0.3 is 0 Å². The summed E-state index contributed by atoms with van der Waals surface area (Å²) >= 11 is 0. The normalized spacial score (nSPS) is 12.8. The maximum absolute atomic E-state index is 13.1. The van der Waals surface area contributed by atoms with Crippen LogP contribution in [0.2, 0.25) is 0 Å². The number of hydrogen-bond acceptors (Lipinski definition) is 5. The first-order valence-electron chi connectivity index (χ1n) is 9.73. The molecule has 0 radical (unpaired) electrons. The van der Waals surface area contributed by atoms with Crippen molar-refractivity contribution in [3.05, 3.63) is 71.5 Å². The highest BCUT2D eigenvalue weighted by atomic mass is 19.1. The maximum Gasteiger partial charge on any atom is 0.251 e. The molecule has 2 aromatic carbocycles. The fourth-order valence-corrected chi connectivity index (χ4v) is 2.99. The Balaban J connectivity index is 2.10. The topological polar surface area (TPSA) is 96.9 Å². The minimum atomic E-state index is -0.605. The van der Waals surface area contributed by atoms with Crippen LogP contribution in [0.5, 0.6) is 0 Å². The zero-order chi connectivity index (χ0) is 21.8. The monoisotopic (exact) mass is 418 g/mol. The van der Waals surface area contributed by atoms with Crippen LogP contribution in [0.15, 0.2) is 54.6 Å². The molecule has 0 bridgehead atoms. The molecular weight excluding hydrogens is 391 g/mol. The Labute approximate surface area is 175 Å². The quantitative estimate of drug-likeness (QED) is 0.213. The minimum Gasteiger partial charge on any atom is -0.356 e. The number of nitrogens with one attached hydrogen (secondary N) is 2. The lowest BCUT2D eigenvalue weighted by atomic mass is 9.92. The van der Waals surface area contributed by atoms with Crippen LogP contribution in [0.4, 0.5) is 4.39 Å². The molecule has 0 saturated heterocycles. The number of hydroxylamine groups is 1. The van der Waals surface area contributed by atoms with E-state index in [9.17, 15) is 14.0 Å². The smallest absolute Gasteiger partial charge is 0.251 e. The van der Waals surface area contributed by atoms with Crippen molar-refractivity contribution in [2.24, 2.45) is 5.92 Å². The van der Waals surface area contributed by atoms with Crippen molar-refractivity contribution in [1.82, 2.24) is 10.8 Å². The Bertz CT molecular complexity index is 786. The maximum atomic E-state index is 13.1. The molecule has 162 valence electrons. The molecule has 7 nitrogen and oxygen atoms in total. The van der Waals surface area contributed by atoms with Crippen LogP contribution in [0.1, 0.15) is 29.3 Å². The Morgan fingerprint density at radius 2 is 1.77 bits per heavy atom. The van der Waals surface area contributed by atoms with Gasteiger partial charge in [-0.1, -0.05) is 30.3 Å². The molecule has 0 aromatic heterocycles. The summed E-state index contributed by atoms with van der Waals surface area (Å²) in [5.41, 5.74) is 2.91. The molecule has 0 fully saturated rings. The lowest BCUT2D eigenvalue weighted by Crippen LogP contribution is -2.42. The molecule has 2 amide bonds. The second-order valence-corrected chi connectivity index (χ2v) is 6.76. The van der Waals surface area contributed by atoms with Crippen molar-refractivity contribution in [3.63, 3.8) is 0 Å². The Kier molecular flexibility index (Phi) is 9.93. The summed E-state index contributed by atoms with van der Waals surface area (Å²) in [4.78, 5) is 24.8. The molecule has 0 heterocycles. The third-order valence-corrected chi connectivity index (χ3v) is 4.51. The van der Waals surface area contributed by atoms with Gasteiger partial charge in [-0.25, -0.2) is 9.87 Å². The molecule has 0 aliphatic heterocycles. The van der Waals surface area contributed by atoms with Crippen molar-refractivity contribution in [3.8, 4) is 0 Å². The number of ether oxygens (including phenoxy) is 2. The van der Waals surface area contributed by atoms with Gasteiger partial charge in [0, 0.05) is 18.1 Å². The van der Waals surface area contributed by atoms with E-state index in [4.69, 9.17) is 14.7 Å². The van der Waals surface area contributed by atoms with Gasteiger partial charge in [-0.2, -0.15) is 0 Å². The summed E-state index contributed by atoms with van der Waals surface area (Å²) in [6.07, 6.45) is 0.599. The van der Waals surface area contributed by atoms with Crippen LogP contribution in [-0.2, 0) is 20.7 Å². The Hall–Kier alpha value is -2.81. The number of hydrogen-bond donors (Lipinski definition) is 3. The van der Waals surface area contributed by atoms with Gasteiger partial charge in [0.15, 0.2) is 0 Å². The van der Waals surface area contributed by atoms with Crippen molar-refractivity contribution in [2.75, 3.05) is 20.0 Å². The molecule has 2 unspecified atom stereocenters. The van der Waals surface area contributed by atoms with Gasteiger partial charge in [0.1, 0.15) is 12.6 Å². The van der Waals surface area contributed by atoms with Crippen molar-refractivity contribution < 1.29 is 28.7 Å². The molecule has 8 heteroatoms. The summed E-state index contributed by atoms with van der Waals surface area (Å²) in [5.74, 6) is -2.01. The fourth-order valence-electron chi connectivity index (χ4n) is 2.99. The zero-order valence-electron chi connectivity index (χ0n) is 16.8. The van der Waals surface area contributed by atoms with Crippen LogP contribution < -0.4 is 10.8 Å². The van der Waals surface area contributed by atoms with E-state index in [2.05, 4.69) is 5.32 Å². The van der Waals surface area contributed by atoms with Gasteiger partial charge < -0.3 is 14.8 Å². The average molecular weight is 418 g/mol. The summed E-state index contributed by atoms with van der Waals surface area (Å²) in [5, 5.41) is 12.0. The van der Waals surface area contributed by atoms with Crippen LogP contribution >= 0.6 is 0 Å². The highest BCUT2D eigenvalue weighted by Crippen LogP contribution is 2.16. The minimum absolute atomic E-state index is 0.0506. The van der Waals surface area contributed by atoms with Crippen LogP contribution in [-0.4, -0.2) is 43.1 Å². The predicted molar refractivity (Wildman–Crippen MR) is 108 cm³/mol. The third kappa shape index (κ3) is 7.90. The number of halogens is 1. The lowest BCUT2D eigenvalue weighted by Gasteiger charge is -2.24. The second-order valence-electron chi connectivity index (χ2n) is 6.76. The standard InChI is InChI=1S/C22H27FN2O5/c1-2-29-15-30-14-20(24-21(26)17-8-10-19(23)11-9-17)13-18(22(27)25-28)12-16-6-4-3-5-7-16/h3-11,18,20,28H,2,12-15H2,1H3,(H,24,26)(H,25,27). The van der Waals surface area contributed by atoms with E-state index in [0.29, 0.717) is 13.0 Å². The molecule has 0 spiro atoms. The van der Waals surface area contributed by atoms with Crippen LogP contribution in [0, 0.1) is 11.7 Å². The zero-order valence-corrected chi connectivity index (χ0v) is 16.8. The van der Waals surface area contributed by atoms with Crippen molar-refractivity contribution in [2.45, 2.75) is 25.8 Å². The first-order chi connectivity index (χ1) is 14.5. The van der Waals surface area contributed by atoms with Gasteiger partial charge in [0.25, 0.3) is 5.91 Å². The van der Waals surface area contributed by atoms with Crippen molar-refractivity contribution >= 4 is 11.8 Å². The van der Waals surface area contributed by atoms with E-state index < -0.39 is 29.6 Å². The Morgan fingerprint density at radius 1 is 1.07 bits per heavy atom. The molecule has 2 rings (SSSR count). The van der Waals surface area contributed by atoms with Crippen LogP contribution in [0.25, 0.3) is 0 Å². The number of benzene rings is 2. The number of carbonyl (C=O) groups excluding carboxylic acids is 2. The second kappa shape index (κ2) is 12.7. The van der Waals surface area contributed by atoms with Gasteiger partial charge in [0.2, 0.25) is 5.91 Å². The first kappa shape index (κ1) is 23.5. The summed E-state index contributed by atoms with van der Waals surface area (Å²) in [6.45, 7) is 2.47. The molecule has 30 heavy (non-hydrogen) atoms. The first-order valence-corrected chi connectivity index (χ1v) is 9.73. The molecule has 2 aromatic rings. The highest BCUT2D eigenvalue weighted by molar-refractivity contribution is 5.94. The highest BCUT2D eigenvalue weighted by Gasteiger charge is 2.25. The Morgan fingerprint density at radius 3 is 2.40 bits per heavy atom. The van der Waals surface area contributed by atoms with Gasteiger partial charge in [-0.15, -0.1) is 0 Å². The number of carbonyl (C=O) groups is 2. The van der Waals surface area contributed by atoms with Crippen LogP contribution in [0.3, 0.4) is 0 Å². The SMILES string of the molecule is CCOCOCC(CC(Cc1ccccc1)C(=O)NO)NC(=O)c1ccc(F)cc1. The average Bonchev–Trinajstić information content (AvgIpc) is 2.76. The van der Waals surface area contributed by atoms with E-state index in [1.165, 1.54) is 24.3 Å². The summed E-state index contributed by atoms with van der Waals surface area (Å²) < 4.78 is 23.8. The van der Waals surface area contributed by atoms with E-state index in [-0.39, 0.29) is 25.4 Å². The number of amides is 2. The molecule has 2 atom stereocenters. The van der Waals surface area contributed by atoms with Gasteiger partial charge in [0.05, 0.1) is 12.6 Å². The van der Waals surface area contributed by atoms with E-state index in [1.54, 1.807) is 5.48 Å². The summed E-state index contributed by atoms with van der Waals surface area (Å²) in [7, 11) is 0. The molecule has 0 saturated carbocycles. The lowest BCUT2D eigenvalue weighted by molar-refractivity contribution is -0.134. The van der Waals surface area contributed by atoms with E-state index in [0.717, 1.165) is 5.56 Å². The van der Waals surface area contributed by atoms with Gasteiger partial charge in [-0.3, -0.25) is 14.8 Å². The third-order valence-electron chi connectivity index (χ3n) is 4.51. The molecule has 0 aliphatic carbocycles. The summed E-state index contributed by atoms with van der Waals surface area (Å²) in [6, 6.07) is 14.0. The molecule has 0 aliphatic rings. The predicted octanol–water partition coefficient (Wildman–Crippen LogP) is 2.69. The van der Waals surface area contributed by atoms with Gasteiger partial charge in [-0.05, 0) is 49.6 Å². The number of rotatable bonds is 12. The van der Waals surface area contributed by atoms with E-state index >= 15 is 0 Å². The van der Waals surface area contributed by atoms with E-state index in [1.807, 2.05) is 37.3 Å². The van der Waals surface area contributed by atoms with Crippen molar-refractivity contribution in [1.29, 1.82) is 0 Å². The molecule has 3 N–H and O–H groups in total. The fraction of sp³-hybridized carbons (Fsp3) is 0.364. The molecular formula is C22H27FN2O5. The largest absolute Gasteiger partial charge is 0.356 e.